The van der Waals surface area contributed by atoms with Crippen LogP contribution < -0.4 is 15.2 Å². The summed E-state index contributed by atoms with van der Waals surface area (Å²) >= 11 is 0. The molecule has 0 aromatic heterocycles. The van der Waals surface area contributed by atoms with Crippen LogP contribution in [0.5, 0.6) is 5.75 Å². The Balaban J connectivity index is 0.00000288. The molecular formula is C16H24ClFN2O3S. The van der Waals surface area contributed by atoms with Crippen LogP contribution in [-0.2, 0) is 10.0 Å². The van der Waals surface area contributed by atoms with E-state index in [1.807, 2.05) is 0 Å². The Hall–Kier alpha value is -1.15. The van der Waals surface area contributed by atoms with E-state index in [9.17, 15) is 12.8 Å². The molecule has 0 spiro atoms. The summed E-state index contributed by atoms with van der Waals surface area (Å²) in [4.78, 5) is 0.188. The molecule has 0 heterocycles. The van der Waals surface area contributed by atoms with Crippen molar-refractivity contribution in [3.63, 3.8) is 0 Å². The Labute approximate surface area is 148 Å². The second kappa shape index (κ2) is 9.98. The maximum absolute atomic E-state index is 13.2. The number of hydrogen-bond donors (Lipinski definition) is 2. The Morgan fingerprint density at radius 1 is 1.25 bits per heavy atom. The van der Waals surface area contributed by atoms with Gasteiger partial charge in [-0.25, -0.2) is 17.5 Å². The normalized spacial score (nSPS) is 16.5. The monoisotopic (exact) mass is 378 g/mol. The second-order valence-electron chi connectivity index (χ2n) is 5.60. The largest absolute Gasteiger partial charge is 0.487 e. The first kappa shape index (κ1) is 20.9. The van der Waals surface area contributed by atoms with Crippen molar-refractivity contribution in [3.05, 3.63) is 36.2 Å². The van der Waals surface area contributed by atoms with E-state index in [-0.39, 0.29) is 36.5 Å². The zero-order valence-corrected chi connectivity index (χ0v) is 15.0. The molecular weight excluding hydrogens is 355 g/mol. The van der Waals surface area contributed by atoms with Crippen LogP contribution in [-0.4, -0.2) is 27.6 Å². The molecule has 0 atom stereocenters. The highest BCUT2D eigenvalue weighted by atomic mass is 35.5. The van der Waals surface area contributed by atoms with Crippen molar-refractivity contribution in [1.82, 2.24) is 4.72 Å². The number of sulfonamides is 1. The molecule has 1 aromatic carbocycles. The average Bonchev–Trinajstić information content (AvgIpc) is 2.54. The number of benzene rings is 1. The van der Waals surface area contributed by atoms with Gasteiger partial charge in [-0.05, 0) is 43.2 Å². The van der Waals surface area contributed by atoms with Crippen LogP contribution in [0.2, 0.25) is 0 Å². The van der Waals surface area contributed by atoms with Crippen LogP contribution in [0.3, 0.4) is 0 Å². The van der Waals surface area contributed by atoms with Crippen molar-refractivity contribution in [2.24, 2.45) is 5.73 Å². The van der Waals surface area contributed by atoms with Gasteiger partial charge >= 0.3 is 0 Å². The van der Waals surface area contributed by atoms with Crippen LogP contribution in [0.25, 0.3) is 0 Å². The molecule has 2 rings (SSSR count). The summed E-state index contributed by atoms with van der Waals surface area (Å²) in [5.74, 6) is -0.0506. The standard InChI is InChI=1S/C16H23FN2O3S.ClH/c17-13(10-11-18)12-22-15-6-8-16(9-7-15)23(20,21)19-14-4-2-1-3-5-14;/h6-10,14,19H,1-5,11-12,18H2;1H/b13-10+;. The van der Waals surface area contributed by atoms with Crippen LogP contribution >= 0.6 is 12.4 Å². The SMILES string of the molecule is Cl.NC/C=C(/F)COc1ccc(S(=O)(=O)NC2CCCCC2)cc1. The number of hydrogen-bond acceptors (Lipinski definition) is 4. The number of nitrogens with two attached hydrogens (primary N) is 1. The number of rotatable bonds is 7. The third kappa shape index (κ3) is 6.39. The third-order valence-corrected chi connectivity index (χ3v) is 5.31. The second-order valence-corrected chi connectivity index (χ2v) is 7.32. The van der Waals surface area contributed by atoms with Gasteiger partial charge < -0.3 is 10.5 Å². The van der Waals surface area contributed by atoms with Crippen molar-refractivity contribution < 1.29 is 17.5 Å². The zero-order chi connectivity index (χ0) is 16.7. The third-order valence-electron chi connectivity index (χ3n) is 3.78. The van der Waals surface area contributed by atoms with Crippen LogP contribution in [0, 0.1) is 0 Å². The zero-order valence-electron chi connectivity index (χ0n) is 13.4. The quantitative estimate of drug-likeness (QED) is 0.764. The number of nitrogens with one attached hydrogen (secondary N) is 1. The first-order valence-electron chi connectivity index (χ1n) is 7.81. The van der Waals surface area contributed by atoms with E-state index in [2.05, 4.69) is 4.72 Å². The predicted molar refractivity (Wildman–Crippen MR) is 94.6 cm³/mol. The van der Waals surface area contributed by atoms with Crippen LogP contribution in [0.4, 0.5) is 4.39 Å². The minimum absolute atomic E-state index is 0. The lowest BCUT2D eigenvalue weighted by Crippen LogP contribution is -2.36. The van der Waals surface area contributed by atoms with Gasteiger partial charge in [0.2, 0.25) is 10.0 Å². The lowest BCUT2D eigenvalue weighted by molar-refractivity contribution is 0.318. The molecule has 1 saturated carbocycles. The summed E-state index contributed by atoms with van der Waals surface area (Å²) in [6.45, 7) is -0.108. The van der Waals surface area contributed by atoms with Gasteiger partial charge in [-0.15, -0.1) is 12.4 Å². The fourth-order valence-electron chi connectivity index (χ4n) is 2.56. The van der Waals surface area contributed by atoms with Gasteiger partial charge in [0.05, 0.1) is 4.90 Å². The van der Waals surface area contributed by atoms with E-state index in [1.54, 1.807) is 0 Å². The summed E-state index contributed by atoms with van der Waals surface area (Å²) in [7, 11) is -3.52. The van der Waals surface area contributed by atoms with Gasteiger partial charge in [-0.2, -0.15) is 0 Å². The number of ether oxygens (including phenoxy) is 1. The van der Waals surface area contributed by atoms with E-state index >= 15 is 0 Å². The maximum Gasteiger partial charge on any atom is 0.240 e. The summed E-state index contributed by atoms with van der Waals surface area (Å²) in [5.41, 5.74) is 5.20. The molecule has 24 heavy (non-hydrogen) atoms. The van der Waals surface area contributed by atoms with Gasteiger partial charge in [0, 0.05) is 12.6 Å². The van der Waals surface area contributed by atoms with E-state index in [0.29, 0.717) is 5.75 Å². The summed E-state index contributed by atoms with van der Waals surface area (Å²) in [6, 6.07) is 5.98. The van der Waals surface area contributed by atoms with Gasteiger partial charge in [0.25, 0.3) is 0 Å². The smallest absolute Gasteiger partial charge is 0.240 e. The van der Waals surface area contributed by atoms with Gasteiger partial charge in [0.1, 0.15) is 18.2 Å². The van der Waals surface area contributed by atoms with E-state index in [0.717, 1.165) is 25.7 Å². The Morgan fingerprint density at radius 2 is 1.88 bits per heavy atom. The molecule has 3 N–H and O–H groups in total. The highest BCUT2D eigenvalue weighted by Crippen LogP contribution is 2.21. The number of halogens is 2. The van der Waals surface area contributed by atoms with Crippen LogP contribution in [0.15, 0.2) is 41.1 Å². The van der Waals surface area contributed by atoms with E-state index < -0.39 is 15.9 Å². The molecule has 5 nitrogen and oxygen atoms in total. The molecule has 1 aliphatic carbocycles. The molecule has 1 aromatic rings. The fourth-order valence-corrected chi connectivity index (χ4v) is 3.87. The molecule has 0 bridgehead atoms. The Kier molecular flexibility index (Phi) is 8.69. The van der Waals surface area contributed by atoms with Gasteiger partial charge in [0.15, 0.2) is 0 Å². The topological polar surface area (TPSA) is 81.4 Å². The summed E-state index contributed by atoms with van der Waals surface area (Å²) in [5, 5.41) is 0. The van der Waals surface area contributed by atoms with Crippen molar-refractivity contribution in [2.75, 3.05) is 13.2 Å². The van der Waals surface area contributed by atoms with E-state index in [1.165, 1.54) is 36.8 Å². The Bertz CT molecular complexity index is 629. The summed E-state index contributed by atoms with van der Waals surface area (Å²) in [6.07, 6.45) is 6.27. The van der Waals surface area contributed by atoms with Gasteiger partial charge in [-0.1, -0.05) is 19.3 Å². The van der Waals surface area contributed by atoms with Crippen LogP contribution in [0.1, 0.15) is 32.1 Å². The minimum atomic E-state index is -3.52. The first-order chi connectivity index (χ1) is 11.0. The maximum atomic E-state index is 13.2. The average molecular weight is 379 g/mol. The van der Waals surface area contributed by atoms with Gasteiger partial charge in [-0.3, -0.25) is 0 Å². The predicted octanol–water partition coefficient (Wildman–Crippen LogP) is 2.91. The molecule has 0 unspecified atom stereocenters. The highest BCUT2D eigenvalue weighted by molar-refractivity contribution is 7.89. The summed E-state index contributed by atoms with van der Waals surface area (Å²) < 4.78 is 45.8. The molecule has 1 fully saturated rings. The molecule has 0 saturated heterocycles. The lowest BCUT2D eigenvalue weighted by Gasteiger charge is -2.22. The molecule has 1 aliphatic rings. The molecule has 8 heteroatoms. The van der Waals surface area contributed by atoms with Crippen molar-refractivity contribution in [3.8, 4) is 5.75 Å². The first-order valence-corrected chi connectivity index (χ1v) is 9.29. The van der Waals surface area contributed by atoms with Crippen molar-refractivity contribution >= 4 is 22.4 Å². The van der Waals surface area contributed by atoms with Crippen molar-refractivity contribution in [1.29, 1.82) is 0 Å². The highest BCUT2D eigenvalue weighted by Gasteiger charge is 2.21. The van der Waals surface area contributed by atoms with E-state index in [4.69, 9.17) is 10.5 Å². The molecule has 0 radical (unpaired) electrons. The lowest BCUT2D eigenvalue weighted by atomic mass is 9.96. The Morgan fingerprint density at radius 3 is 2.46 bits per heavy atom. The minimum Gasteiger partial charge on any atom is -0.487 e. The van der Waals surface area contributed by atoms with Crippen molar-refractivity contribution in [2.45, 2.75) is 43.0 Å². The molecule has 0 amide bonds. The molecule has 0 aliphatic heterocycles. The molecule has 136 valence electrons. The fraction of sp³-hybridized carbons (Fsp3) is 0.500.